The summed E-state index contributed by atoms with van der Waals surface area (Å²) in [7, 11) is 2.20. The van der Waals surface area contributed by atoms with Gasteiger partial charge in [0.05, 0.1) is 0 Å². The molecule has 1 aromatic heterocycles. The molecule has 4 nitrogen and oxygen atoms in total. The van der Waals surface area contributed by atoms with Gasteiger partial charge in [-0.1, -0.05) is 0 Å². The van der Waals surface area contributed by atoms with Crippen LogP contribution in [0, 0.1) is 5.92 Å². The predicted octanol–water partition coefficient (Wildman–Crippen LogP) is 0.981. The second kappa shape index (κ2) is 4.78. The molecule has 0 amide bonds. The van der Waals surface area contributed by atoms with Crippen LogP contribution >= 0.6 is 0 Å². The number of likely N-dealkylation sites (N-methyl/N-ethyl adjacent to an activating group) is 1. The fourth-order valence-electron chi connectivity index (χ4n) is 3.04. The van der Waals surface area contributed by atoms with Gasteiger partial charge in [0.15, 0.2) is 0 Å². The summed E-state index contributed by atoms with van der Waals surface area (Å²) in [6, 6.07) is 0. The zero-order chi connectivity index (χ0) is 11.7. The summed E-state index contributed by atoms with van der Waals surface area (Å²) in [5, 5.41) is 3.41. The SMILES string of the molecule is CN1CCC(c2cnc(CC3CCNC3)[nH]2)C1. The molecule has 0 aliphatic carbocycles. The average Bonchev–Trinajstić information content (AvgIpc) is 2.99. The minimum Gasteiger partial charge on any atom is -0.346 e. The van der Waals surface area contributed by atoms with Crippen molar-refractivity contribution in [2.75, 3.05) is 33.2 Å². The molecule has 2 aliphatic rings. The molecular weight excluding hydrogens is 212 g/mol. The number of nitrogens with zero attached hydrogens (tertiary/aromatic N) is 2. The van der Waals surface area contributed by atoms with Crippen LogP contribution in [-0.2, 0) is 6.42 Å². The fourth-order valence-corrected chi connectivity index (χ4v) is 3.04. The maximum Gasteiger partial charge on any atom is 0.106 e. The Bertz CT molecular complexity index is 367. The van der Waals surface area contributed by atoms with Gasteiger partial charge in [0.25, 0.3) is 0 Å². The lowest BCUT2D eigenvalue weighted by molar-refractivity contribution is 0.411. The van der Waals surface area contributed by atoms with E-state index in [0.717, 1.165) is 18.9 Å². The van der Waals surface area contributed by atoms with E-state index in [4.69, 9.17) is 0 Å². The van der Waals surface area contributed by atoms with E-state index in [-0.39, 0.29) is 0 Å². The standard InChI is InChI=1S/C13H22N4/c1-17-5-3-11(9-17)12-8-15-13(16-12)6-10-2-4-14-7-10/h8,10-11,14H,2-7,9H2,1H3,(H,15,16). The van der Waals surface area contributed by atoms with Crippen LogP contribution in [0.1, 0.15) is 30.3 Å². The monoisotopic (exact) mass is 234 g/mol. The van der Waals surface area contributed by atoms with Crippen molar-refractivity contribution >= 4 is 0 Å². The summed E-state index contributed by atoms with van der Waals surface area (Å²) in [5.74, 6) is 2.63. The van der Waals surface area contributed by atoms with Crippen LogP contribution in [0.2, 0.25) is 0 Å². The first-order valence-electron chi connectivity index (χ1n) is 6.74. The zero-order valence-electron chi connectivity index (χ0n) is 10.6. The van der Waals surface area contributed by atoms with E-state index in [9.17, 15) is 0 Å². The van der Waals surface area contributed by atoms with Gasteiger partial charge in [-0.3, -0.25) is 0 Å². The predicted molar refractivity (Wildman–Crippen MR) is 68.1 cm³/mol. The molecule has 2 aliphatic heterocycles. The van der Waals surface area contributed by atoms with E-state index < -0.39 is 0 Å². The maximum atomic E-state index is 4.55. The highest BCUT2D eigenvalue weighted by molar-refractivity contribution is 5.10. The molecule has 2 N–H and O–H groups in total. The molecule has 3 heterocycles. The van der Waals surface area contributed by atoms with Gasteiger partial charge in [-0.15, -0.1) is 0 Å². The highest BCUT2D eigenvalue weighted by atomic mass is 15.1. The number of likely N-dealkylation sites (tertiary alicyclic amines) is 1. The van der Waals surface area contributed by atoms with E-state index in [0.29, 0.717) is 5.92 Å². The van der Waals surface area contributed by atoms with Crippen molar-refractivity contribution in [1.29, 1.82) is 0 Å². The molecule has 1 aromatic rings. The van der Waals surface area contributed by atoms with Crippen molar-refractivity contribution in [2.45, 2.75) is 25.2 Å². The number of aromatic nitrogens is 2. The molecule has 17 heavy (non-hydrogen) atoms. The summed E-state index contributed by atoms with van der Waals surface area (Å²) < 4.78 is 0. The van der Waals surface area contributed by atoms with Crippen LogP contribution in [-0.4, -0.2) is 48.1 Å². The molecule has 2 saturated heterocycles. The third-order valence-electron chi connectivity index (χ3n) is 4.12. The van der Waals surface area contributed by atoms with E-state index >= 15 is 0 Å². The lowest BCUT2D eigenvalue weighted by Gasteiger charge is -2.08. The Hall–Kier alpha value is -0.870. The molecule has 0 aromatic carbocycles. The Morgan fingerprint density at radius 2 is 2.41 bits per heavy atom. The number of hydrogen-bond acceptors (Lipinski definition) is 3. The Labute approximate surface area is 103 Å². The summed E-state index contributed by atoms with van der Waals surface area (Å²) >= 11 is 0. The van der Waals surface area contributed by atoms with Crippen molar-refractivity contribution < 1.29 is 0 Å². The molecule has 4 heteroatoms. The van der Waals surface area contributed by atoms with Crippen molar-refractivity contribution in [3.05, 3.63) is 17.7 Å². The van der Waals surface area contributed by atoms with E-state index in [2.05, 4.69) is 33.4 Å². The lowest BCUT2D eigenvalue weighted by Crippen LogP contribution is -2.13. The van der Waals surface area contributed by atoms with Crippen LogP contribution in [0.15, 0.2) is 6.20 Å². The number of aromatic amines is 1. The van der Waals surface area contributed by atoms with Crippen LogP contribution in [0.3, 0.4) is 0 Å². The van der Waals surface area contributed by atoms with Crippen LogP contribution in [0.4, 0.5) is 0 Å². The quantitative estimate of drug-likeness (QED) is 0.819. The second-order valence-electron chi connectivity index (χ2n) is 5.60. The lowest BCUT2D eigenvalue weighted by atomic mass is 10.0. The van der Waals surface area contributed by atoms with Crippen LogP contribution < -0.4 is 5.32 Å². The summed E-state index contributed by atoms with van der Waals surface area (Å²) in [6.07, 6.45) is 5.72. The summed E-state index contributed by atoms with van der Waals surface area (Å²) in [5.41, 5.74) is 1.34. The largest absolute Gasteiger partial charge is 0.346 e. The van der Waals surface area contributed by atoms with Gasteiger partial charge in [0.2, 0.25) is 0 Å². The minimum absolute atomic E-state index is 0.669. The van der Waals surface area contributed by atoms with E-state index in [1.807, 2.05) is 0 Å². The molecule has 0 saturated carbocycles. The minimum atomic E-state index is 0.669. The van der Waals surface area contributed by atoms with Gasteiger partial charge in [-0.2, -0.15) is 0 Å². The smallest absolute Gasteiger partial charge is 0.106 e. The third kappa shape index (κ3) is 2.53. The first-order chi connectivity index (χ1) is 8.31. The van der Waals surface area contributed by atoms with Gasteiger partial charge in [0, 0.05) is 30.8 Å². The van der Waals surface area contributed by atoms with Gasteiger partial charge < -0.3 is 15.2 Å². The number of nitrogens with one attached hydrogen (secondary N) is 2. The highest BCUT2D eigenvalue weighted by Gasteiger charge is 2.23. The van der Waals surface area contributed by atoms with Crippen molar-refractivity contribution in [1.82, 2.24) is 20.2 Å². The zero-order valence-corrected chi connectivity index (χ0v) is 10.6. The molecule has 2 fully saturated rings. The molecule has 0 radical (unpaired) electrons. The molecule has 0 spiro atoms. The summed E-state index contributed by atoms with van der Waals surface area (Å²) in [6.45, 7) is 4.71. The molecule has 2 unspecified atom stereocenters. The topological polar surface area (TPSA) is 44.0 Å². The molecular formula is C13H22N4. The number of imidazole rings is 1. The average molecular weight is 234 g/mol. The Balaban J connectivity index is 1.61. The van der Waals surface area contributed by atoms with Gasteiger partial charge in [-0.05, 0) is 45.4 Å². The highest BCUT2D eigenvalue weighted by Crippen LogP contribution is 2.25. The Morgan fingerprint density at radius 3 is 3.12 bits per heavy atom. The van der Waals surface area contributed by atoms with Crippen molar-refractivity contribution in [3.63, 3.8) is 0 Å². The molecule has 2 atom stereocenters. The normalized spacial score (nSPS) is 30.2. The van der Waals surface area contributed by atoms with Crippen LogP contribution in [0.25, 0.3) is 0 Å². The van der Waals surface area contributed by atoms with Gasteiger partial charge in [-0.25, -0.2) is 4.98 Å². The first kappa shape index (κ1) is 11.2. The molecule has 0 bridgehead atoms. The Morgan fingerprint density at radius 1 is 1.47 bits per heavy atom. The van der Waals surface area contributed by atoms with Crippen molar-refractivity contribution in [2.24, 2.45) is 5.92 Å². The van der Waals surface area contributed by atoms with E-state index in [1.165, 1.54) is 44.0 Å². The van der Waals surface area contributed by atoms with Gasteiger partial charge in [0.1, 0.15) is 5.82 Å². The van der Waals surface area contributed by atoms with Gasteiger partial charge >= 0.3 is 0 Å². The summed E-state index contributed by atoms with van der Waals surface area (Å²) in [4.78, 5) is 10.5. The van der Waals surface area contributed by atoms with E-state index in [1.54, 1.807) is 0 Å². The number of rotatable bonds is 3. The van der Waals surface area contributed by atoms with Crippen molar-refractivity contribution in [3.8, 4) is 0 Å². The number of H-pyrrole nitrogens is 1. The maximum absolute atomic E-state index is 4.55. The fraction of sp³-hybridized carbons (Fsp3) is 0.769. The third-order valence-corrected chi connectivity index (χ3v) is 4.12. The molecule has 3 rings (SSSR count). The number of hydrogen-bond donors (Lipinski definition) is 2. The van der Waals surface area contributed by atoms with Crippen LogP contribution in [0.5, 0.6) is 0 Å². The second-order valence-corrected chi connectivity index (χ2v) is 5.60. The first-order valence-corrected chi connectivity index (χ1v) is 6.74. The Kier molecular flexibility index (Phi) is 3.16. The molecule has 94 valence electrons.